The average Bonchev–Trinajstić information content (AvgIpc) is 2.70. The van der Waals surface area contributed by atoms with Crippen molar-refractivity contribution in [1.29, 1.82) is 0 Å². The molecule has 0 N–H and O–H groups in total. The molecule has 2 rings (SSSR count). The van der Waals surface area contributed by atoms with Crippen LogP contribution in [0.1, 0.15) is 51.9 Å². The first-order valence-corrected chi connectivity index (χ1v) is 7.09. The molecule has 0 bridgehead atoms. The maximum atomic E-state index is 2.39. The fraction of sp³-hybridized carbons (Fsp3) is 0.444. The normalized spacial score (nSPS) is 12.2. The smallest absolute Gasteiger partial charge is 0.0484 e. The molecular formula is C18H25N. The lowest BCUT2D eigenvalue weighted by Gasteiger charge is -2.20. The van der Waals surface area contributed by atoms with E-state index in [4.69, 9.17) is 0 Å². The van der Waals surface area contributed by atoms with Crippen LogP contribution in [0.4, 0.5) is 0 Å². The number of hydrogen-bond donors (Lipinski definition) is 0. The van der Waals surface area contributed by atoms with Crippen LogP contribution in [0.5, 0.6) is 0 Å². The highest BCUT2D eigenvalue weighted by Crippen LogP contribution is 2.29. The van der Waals surface area contributed by atoms with Crippen molar-refractivity contribution in [3.63, 3.8) is 0 Å². The third kappa shape index (κ3) is 2.75. The zero-order chi connectivity index (χ0) is 14.2. The summed E-state index contributed by atoms with van der Waals surface area (Å²) in [6.07, 6.45) is 0. The third-order valence-electron chi connectivity index (χ3n) is 3.69. The van der Waals surface area contributed by atoms with Crippen molar-refractivity contribution in [2.75, 3.05) is 0 Å². The Hall–Kier alpha value is -1.50. The molecule has 0 unspecified atom stereocenters. The first-order valence-electron chi connectivity index (χ1n) is 7.09. The van der Waals surface area contributed by atoms with E-state index in [1.807, 2.05) is 0 Å². The van der Waals surface area contributed by atoms with Gasteiger partial charge in [-0.2, -0.15) is 0 Å². The van der Waals surface area contributed by atoms with Gasteiger partial charge in [-0.05, 0) is 49.4 Å². The first kappa shape index (κ1) is 13.9. The summed E-state index contributed by atoms with van der Waals surface area (Å²) in [7, 11) is 0. The summed E-state index contributed by atoms with van der Waals surface area (Å²) < 4.78 is 2.39. The van der Waals surface area contributed by atoms with Gasteiger partial charge in [0.15, 0.2) is 0 Å². The Bertz CT molecular complexity index is 550. The van der Waals surface area contributed by atoms with Gasteiger partial charge in [-0.1, -0.05) is 45.0 Å². The summed E-state index contributed by atoms with van der Waals surface area (Å²) in [5.74, 6) is 0. The minimum atomic E-state index is 0.217. The average molecular weight is 255 g/mol. The van der Waals surface area contributed by atoms with Gasteiger partial charge in [-0.15, -0.1) is 0 Å². The Balaban J connectivity index is 2.44. The van der Waals surface area contributed by atoms with Crippen LogP contribution >= 0.6 is 0 Å². The Morgan fingerprint density at radius 1 is 0.895 bits per heavy atom. The molecule has 1 nitrogen and oxygen atoms in total. The Kier molecular flexibility index (Phi) is 3.58. The van der Waals surface area contributed by atoms with Gasteiger partial charge in [0.1, 0.15) is 0 Å². The van der Waals surface area contributed by atoms with Crippen molar-refractivity contribution in [3.8, 4) is 11.3 Å². The largest absolute Gasteiger partial charge is 0.342 e. The molecule has 0 aliphatic rings. The summed E-state index contributed by atoms with van der Waals surface area (Å²) in [5, 5.41) is 0. The summed E-state index contributed by atoms with van der Waals surface area (Å²) in [6.45, 7) is 13.4. The molecule has 0 aliphatic heterocycles. The second-order valence-electron chi connectivity index (χ2n) is 6.65. The zero-order valence-corrected chi connectivity index (χ0v) is 13.0. The van der Waals surface area contributed by atoms with Crippen molar-refractivity contribution in [2.24, 2.45) is 0 Å². The Labute approximate surface area is 117 Å². The SMILES string of the molecule is Cc1ccc(-c2ccc(C(C)(C)C)cc2)n1C(C)C. The first-order chi connectivity index (χ1) is 8.80. The lowest BCUT2D eigenvalue weighted by molar-refractivity contribution is 0.589. The third-order valence-corrected chi connectivity index (χ3v) is 3.69. The van der Waals surface area contributed by atoms with Crippen molar-refractivity contribution in [3.05, 3.63) is 47.7 Å². The van der Waals surface area contributed by atoms with Gasteiger partial charge in [0.25, 0.3) is 0 Å². The van der Waals surface area contributed by atoms with E-state index in [9.17, 15) is 0 Å². The predicted molar refractivity (Wildman–Crippen MR) is 83.7 cm³/mol. The van der Waals surface area contributed by atoms with E-state index in [2.05, 4.69) is 82.5 Å². The van der Waals surface area contributed by atoms with E-state index in [1.54, 1.807) is 0 Å². The molecule has 102 valence electrons. The number of aromatic nitrogens is 1. The molecule has 1 heterocycles. The number of nitrogens with zero attached hydrogens (tertiary/aromatic N) is 1. The lowest BCUT2D eigenvalue weighted by atomic mass is 9.86. The summed E-state index contributed by atoms with van der Waals surface area (Å²) in [5.41, 5.74) is 5.54. The van der Waals surface area contributed by atoms with Gasteiger partial charge in [-0.3, -0.25) is 0 Å². The van der Waals surface area contributed by atoms with Crippen molar-refractivity contribution in [2.45, 2.75) is 53.0 Å². The van der Waals surface area contributed by atoms with Crippen molar-refractivity contribution < 1.29 is 0 Å². The van der Waals surface area contributed by atoms with Crippen LogP contribution in [0.2, 0.25) is 0 Å². The lowest BCUT2D eigenvalue weighted by Crippen LogP contribution is -2.10. The van der Waals surface area contributed by atoms with E-state index in [0.29, 0.717) is 6.04 Å². The van der Waals surface area contributed by atoms with E-state index in [-0.39, 0.29) is 5.41 Å². The molecule has 0 radical (unpaired) electrons. The molecule has 1 aromatic carbocycles. The molecular weight excluding hydrogens is 230 g/mol. The van der Waals surface area contributed by atoms with Crippen LogP contribution in [0.3, 0.4) is 0 Å². The minimum Gasteiger partial charge on any atom is -0.342 e. The highest BCUT2D eigenvalue weighted by atomic mass is 15.0. The Morgan fingerprint density at radius 3 is 1.95 bits per heavy atom. The van der Waals surface area contributed by atoms with Crippen molar-refractivity contribution in [1.82, 2.24) is 4.57 Å². The van der Waals surface area contributed by atoms with Crippen LogP contribution in [0.25, 0.3) is 11.3 Å². The van der Waals surface area contributed by atoms with Gasteiger partial charge >= 0.3 is 0 Å². The second kappa shape index (κ2) is 4.88. The van der Waals surface area contributed by atoms with Crippen LogP contribution < -0.4 is 0 Å². The zero-order valence-electron chi connectivity index (χ0n) is 13.0. The van der Waals surface area contributed by atoms with Crippen LogP contribution in [0, 0.1) is 6.92 Å². The Morgan fingerprint density at radius 2 is 1.47 bits per heavy atom. The predicted octanol–water partition coefficient (Wildman–Crippen LogP) is 5.34. The summed E-state index contributed by atoms with van der Waals surface area (Å²) in [6, 6.07) is 13.9. The van der Waals surface area contributed by atoms with Crippen molar-refractivity contribution >= 4 is 0 Å². The summed E-state index contributed by atoms with van der Waals surface area (Å²) in [4.78, 5) is 0. The number of rotatable bonds is 2. The molecule has 0 aliphatic carbocycles. The van der Waals surface area contributed by atoms with Gasteiger partial charge < -0.3 is 4.57 Å². The number of benzene rings is 1. The molecule has 1 aromatic heterocycles. The molecule has 19 heavy (non-hydrogen) atoms. The molecule has 0 atom stereocenters. The van der Waals surface area contributed by atoms with Crippen LogP contribution in [-0.4, -0.2) is 4.57 Å². The fourth-order valence-electron chi connectivity index (χ4n) is 2.61. The highest BCUT2D eigenvalue weighted by Gasteiger charge is 2.14. The van der Waals surface area contributed by atoms with Crippen LogP contribution in [-0.2, 0) is 5.41 Å². The summed E-state index contributed by atoms with van der Waals surface area (Å²) >= 11 is 0. The second-order valence-corrected chi connectivity index (χ2v) is 6.65. The van der Waals surface area contributed by atoms with Gasteiger partial charge in [0, 0.05) is 17.4 Å². The molecule has 0 saturated heterocycles. The molecule has 2 aromatic rings. The van der Waals surface area contributed by atoms with E-state index < -0.39 is 0 Å². The standard InChI is InChI=1S/C18H25N/c1-13(2)19-14(3)7-12-17(19)15-8-10-16(11-9-15)18(4,5)6/h7-13H,1-6H3. The topological polar surface area (TPSA) is 4.93 Å². The monoisotopic (exact) mass is 255 g/mol. The quantitative estimate of drug-likeness (QED) is 0.682. The number of hydrogen-bond acceptors (Lipinski definition) is 0. The van der Waals surface area contributed by atoms with Gasteiger partial charge in [0.05, 0.1) is 0 Å². The molecule has 0 saturated carbocycles. The van der Waals surface area contributed by atoms with E-state index in [1.165, 1.54) is 22.5 Å². The maximum absolute atomic E-state index is 2.39. The number of aryl methyl sites for hydroxylation is 1. The molecule has 0 fully saturated rings. The maximum Gasteiger partial charge on any atom is 0.0484 e. The van der Waals surface area contributed by atoms with Gasteiger partial charge in [-0.25, -0.2) is 0 Å². The van der Waals surface area contributed by atoms with Gasteiger partial charge in [0.2, 0.25) is 0 Å². The van der Waals surface area contributed by atoms with E-state index >= 15 is 0 Å². The molecule has 0 spiro atoms. The molecule has 1 heteroatoms. The molecule has 0 amide bonds. The fourth-order valence-corrected chi connectivity index (χ4v) is 2.61. The van der Waals surface area contributed by atoms with E-state index in [0.717, 1.165) is 0 Å². The highest BCUT2D eigenvalue weighted by molar-refractivity contribution is 5.61. The van der Waals surface area contributed by atoms with Crippen LogP contribution in [0.15, 0.2) is 36.4 Å². The minimum absolute atomic E-state index is 0.217.